The summed E-state index contributed by atoms with van der Waals surface area (Å²) < 4.78 is 1.74. The molecule has 17 heavy (non-hydrogen) atoms. The van der Waals surface area contributed by atoms with Gasteiger partial charge in [0.2, 0.25) is 0 Å². The van der Waals surface area contributed by atoms with Crippen LogP contribution in [0.3, 0.4) is 0 Å². The summed E-state index contributed by atoms with van der Waals surface area (Å²) in [6.45, 7) is 1.11. The van der Waals surface area contributed by atoms with E-state index < -0.39 is 0 Å². The Hall–Kier alpha value is -1.69. The number of hydrogen-bond acceptors (Lipinski definition) is 5. The van der Waals surface area contributed by atoms with Crippen LogP contribution in [0.5, 0.6) is 0 Å². The molecule has 0 aromatic carbocycles. The quantitative estimate of drug-likeness (QED) is 0.809. The molecule has 0 saturated carbocycles. The van der Waals surface area contributed by atoms with Gasteiger partial charge >= 0.3 is 0 Å². The molecule has 3 rings (SSSR count). The maximum absolute atomic E-state index is 9.37. The van der Waals surface area contributed by atoms with Gasteiger partial charge in [-0.25, -0.2) is 9.97 Å². The largest absolute Gasteiger partial charge is 0.394 e. The van der Waals surface area contributed by atoms with Crippen molar-refractivity contribution in [1.29, 1.82) is 0 Å². The average Bonchev–Trinajstić information content (AvgIpc) is 2.96. The van der Waals surface area contributed by atoms with E-state index in [1.807, 2.05) is 7.05 Å². The van der Waals surface area contributed by atoms with Crippen LogP contribution in [-0.2, 0) is 7.05 Å². The van der Waals surface area contributed by atoms with Crippen molar-refractivity contribution in [3.63, 3.8) is 0 Å². The van der Waals surface area contributed by atoms with Crippen LogP contribution in [0.4, 0.5) is 5.82 Å². The summed E-state index contributed by atoms with van der Waals surface area (Å²) in [5.74, 6) is 0.889. The van der Waals surface area contributed by atoms with Crippen LogP contribution in [0.15, 0.2) is 12.5 Å². The zero-order chi connectivity index (χ0) is 11.8. The van der Waals surface area contributed by atoms with Crippen molar-refractivity contribution in [3.8, 4) is 0 Å². The van der Waals surface area contributed by atoms with E-state index in [2.05, 4.69) is 20.0 Å². The number of aryl methyl sites for hydroxylation is 1. The Morgan fingerprint density at radius 2 is 2.35 bits per heavy atom. The zero-order valence-corrected chi connectivity index (χ0v) is 9.74. The summed E-state index contributed by atoms with van der Waals surface area (Å²) in [7, 11) is 1.87. The standard InChI is InChI=1S/C11H15N5O/c1-15-10-9(5-14-15)11(13-7-12-10)16-4-2-3-8(16)6-17/h5,7-8,17H,2-4,6H2,1H3/t8-/m1/s1. The van der Waals surface area contributed by atoms with Gasteiger partial charge in [0.1, 0.15) is 12.1 Å². The molecule has 0 unspecified atom stereocenters. The second-order valence-electron chi connectivity index (χ2n) is 4.37. The molecular weight excluding hydrogens is 218 g/mol. The van der Waals surface area contributed by atoms with Gasteiger partial charge in [0.15, 0.2) is 5.65 Å². The van der Waals surface area contributed by atoms with E-state index in [1.165, 1.54) is 0 Å². The molecular formula is C11H15N5O. The molecule has 3 heterocycles. The number of hydrogen-bond donors (Lipinski definition) is 1. The van der Waals surface area contributed by atoms with Crippen LogP contribution < -0.4 is 4.90 Å². The van der Waals surface area contributed by atoms with Gasteiger partial charge in [-0.2, -0.15) is 5.10 Å². The lowest BCUT2D eigenvalue weighted by Gasteiger charge is -2.24. The predicted octanol–water partition coefficient (Wildman–Crippen LogP) is 0.324. The first-order valence-corrected chi connectivity index (χ1v) is 5.81. The van der Waals surface area contributed by atoms with Crippen molar-refractivity contribution >= 4 is 16.9 Å². The summed E-state index contributed by atoms with van der Waals surface area (Å²) in [5.41, 5.74) is 0.832. The second-order valence-corrected chi connectivity index (χ2v) is 4.37. The summed E-state index contributed by atoms with van der Waals surface area (Å²) in [6.07, 6.45) is 5.46. The number of fused-ring (bicyclic) bond motifs is 1. The highest BCUT2D eigenvalue weighted by atomic mass is 16.3. The van der Waals surface area contributed by atoms with Gasteiger partial charge in [-0.3, -0.25) is 4.68 Å². The van der Waals surface area contributed by atoms with Crippen molar-refractivity contribution in [2.75, 3.05) is 18.1 Å². The summed E-state index contributed by atoms with van der Waals surface area (Å²) in [6, 6.07) is 0.174. The molecule has 0 amide bonds. The summed E-state index contributed by atoms with van der Waals surface area (Å²) in [4.78, 5) is 10.7. The van der Waals surface area contributed by atoms with E-state index in [4.69, 9.17) is 0 Å². The highest BCUT2D eigenvalue weighted by Crippen LogP contribution is 2.28. The minimum Gasteiger partial charge on any atom is -0.394 e. The number of nitrogens with zero attached hydrogens (tertiary/aromatic N) is 5. The van der Waals surface area contributed by atoms with Crippen LogP contribution in [-0.4, -0.2) is 44.0 Å². The van der Waals surface area contributed by atoms with Crippen molar-refractivity contribution in [2.24, 2.45) is 7.05 Å². The van der Waals surface area contributed by atoms with Crippen molar-refractivity contribution in [2.45, 2.75) is 18.9 Å². The fraction of sp³-hybridized carbons (Fsp3) is 0.545. The first-order valence-electron chi connectivity index (χ1n) is 5.81. The first kappa shape index (κ1) is 10.5. The van der Waals surface area contributed by atoms with Gasteiger partial charge in [0.25, 0.3) is 0 Å². The van der Waals surface area contributed by atoms with Gasteiger partial charge in [0, 0.05) is 13.6 Å². The topological polar surface area (TPSA) is 67.1 Å². The molecule has 2 aromatic heterocycles. The van der Waals surface area contributed by atoms with Crippen LogP contribution in [0.2, 0.25) is 0 Å². The molecule has 0 bridgehead atoms. The zero-order valence-electron chi connectivity index (χ0n) is 9.74. The van der Waals surface area contributed by atoms with Gasteiger partial charge in [-0.1, -0.05) is 0 Å². The summed E-state index contributed by atoms with van der Waals surface area (Å²) >= 11 is 0. The lowest BCUT2D eigenvalue weighted by atomic mass is 10.2. The molecule has 1 atom stereocenters. The maximum Gasteiger partial charge on any atom is 0.163 e. The third-order valence-electron chi connectivity index (χ3n) is 3.37. The van der Waals surface area contributed by atoms with E-state index in [-0.39, 0.29) is 12.6 Å². The Morgan fingerprint density at radius 3 is 3.18 bits per heavy atom. The van der Waals surface area contributed by atoms with E-state index >= 15 is 0 Å². The molecule has 1 fully saturated rings. The average molecular weight is 233 g/mol. The van der Waals surface area contributed by atoms with Gasteiger partial charge in [0.05, 0.1) is 24.2 Å². The first-order chi connectivity index (χ1) is 8.31. The van der Waals surface area contributed by atoms with Crippen molar-refractivity contribution in [1.82, 2.24) is 19.7 Å². The van der Waals surface area contributed by atoms with E-state index in [0.29, 0.717) is 0 Å². The number of aliphatic hydroxyl groups is 1. The van der Waals surface area contributed by atoms with Crippen LogP contribution in [0, 0.1) is 0 Å². The molecule has 2 aromatic rings. The van der Waals surface area contributed by atoms with E-state index in [1.54, 1.807) is 17.2 Å². The third kappa shape index (κ3) is 1.56. The van der Waals surface area contributed by atoms with E-state index in [9.17, 15) is 5.11 Å². The maximum atomic E-state index is 9.37. The van der Waals surface area contributed by atoms with Gasteiger partial charge in [-0.15, -0.1) is 0 Å². The predicted molar refractivity (Wildman–Crippen MR) is 63.8 cm³/mol. The van der Waals surface area contributed by atoms with Gasteiger partial charge in [-0.05, 0) is 12.8 Å². The second kappa shape index (κ2) is 3.96. The molecule has 6 heteroatoms. The minimum atomic E-state index is 0.172. The number of rotatable bonds is 2. The fourth-order valence-electron chi connectivity index (χ4n) is 2.48. The molecule has 90 valence electrons. The Kier molecular flexibility index (Phi) is 2.44. The van der Waals surface area contributed by atoms with E-state index in [0.717, 1.165) is 36.2 Å². The molecule has 0 spiro atoms. The molecule has 6 nitrogen and oxygen atoms in total. The molecule has 1 saturated heterocycles. The Bertz CT molecular complexity index is 538. The fourth-order valence-corrected chi connectivity index (χ4v) is 2.48. The molecule has 1 aliphatic rings. The summed E-state index contributed by atoms with van der Waals surface area (Å²) in [5, 5.41) is 14.5. The molecule has 0 aliphatic carbocycles. The third-order valence-corrected chi connectivity index (χ3v) is 3.37. The van der Waals surface area contributed by atoms with Crippen molar-refractivity contribution < 1.29 is 5.11 Å². The molecule has 1 aliphatic heterocycles. The minimum absolute atomic E-state index is 0.172. The monoisotopic (exact) mass is 233 g/mol. The SMILES string of the molecule is Cn1ncc2c(N3CCC[C@@H]3CO)ncnc21. The number of anilines is 1. The van der Waals surface area contributed by atoms with Crippen LogP contribution >= 0.6 is 0 Å². The highest BCUT2D eigenvalue weighted by molar-refractivity contribution is 5.86. The normalized spacial score (nSPS) is 20.4. The van der Waals surface area contributed by atoms with Gasteiger partial charge < -0.3 is 10.0 Å². The lowest BCUT2D eigenvalue weighted by molar-refractivity contribution is 0.266. The highest BCUT2D eigenvalue weighted by Gasteiger charge is 2.26. The Morgan fingerprint density at radius 1 is 1.47 bits per heavy atom. The smallest absolute Gasteiger partial charge is 0.163 e. The van der Waals surface area contributed by atoms with Crippen LogP contribution in [0.25, 0.3) is 11.0 Å². The lowest BCUT2D eigenvalue weighted by Crippen LogP contribution is -2.32. The Labute approximate surface area is 98.9 Å². The molecule has 1 N–H and O–H groups in total. The Balaban J connectivity index is 2.10. The number of aromatic nitrogens is 4. The molecule has 0 radical (unpaired) electrons. The number of aliphatic hydroxyl groups excluding tert-OH is 1. The van der Waals surface area contributed by atoms with Crippen LogP contribution in [0.1, 0.15) is 12.8 Å². The van der Waals surface area contributed by atoms with Crippen molar-refractivity contribution in [3.05, 3.63) is 12.5 Å².